The summed E-state index contributed by atoms with van der Waals surface area (Å²) >= 11 is 0. The monoisotopic (exact) mass is 337 g/mol. The molecule has 0 aromatic heterocycles. The van der Waals surface area contributed by atoms with Gasteiger partial charge in [0.2, 0.25) is 0 Å². The first kappa shape index (κ1) is 16.0. The molecule has 2 aliphatic carbocycles. The van der Waals surface area contributed by atoms with E-state index in [9.17, 15) is 9.18 Å². The second-order valence-electron chi connectivity index (χ2n) is 7.03. The maximum atomic E-state index is 13.2. The highest BCUT2D eigenvalue weighted by Crippen LogP contribution is 2.49. The highest BCUT2D eigenvalue weighted by molar-refractivity contribution is 6.04. The van der Waals surface area contributed by atoms with Gasteiger partial charge in [0.25, 0.3) is 0 Å². The molecular formula is C21H20FNO2. The number of hydrogen-bond acceptors (Lipinski definition) is 3. The van der Waals surface area contributed by atoms with Crippen LogP contribution in [0.15, 0.2) is 53.7 Å². The number of carbonyl (C=O) groups excluding carboxylic acids is 1. The van der Waals surface area contributed by atoms with Crippen LogP contribution in [0.1, 0.15) is 41.9 Å². The van der Waals surface area contributed by atoms with Crippen LogP contribution in [0.25, 0.3) is 0 Å². The summed E-state index contributed by atoms with van der Waals surface area (Å²) in [6, 6.07) is 14.7. The molecule has 2 atom stereocenters. The number of aryl methyl sites for hydroxylation is 1. The predicted molar refractivity (Wildman–Crippen MR) is 93.8 cm³/mol. The first-order valence-electron chi connectivity index (χ1n) is 8.73. The lowest BCUT2D eigenvalue weighted by atomic mass is 10.0. The van der Waals surface area contributed by atoms with Crippen molar-refractivity contribution in [3.63, 3.8) is 0 Å². The molecule has 4 heteroatoms. The van der Waals surface area contributed by atoms with Crippen LogP contribution in [0.4, 0.5) is 4.39 Å². The van der Waals surface area contributed by atoms with Gasteiger partial charge in [-0.1, -0.05) is 47.1 Å². The Hall–Kier alpha value is -2.49. The molecule has 2 fully saturated rings. The highest BCUT2D eigenvalue weighted by Gasteiger charge is 2.43. The number of halogens is 1. The van der Waals surface area contributed by atoms with E-state index in [1.54, 1.807) is 12.1 Å². The lowest BCUT2D eigenvalue weighted by molar-refractivity contribution is -0.145. The minimum atomic E-state index is -0.288. The van der Waals surface area contributed by atoms with E-state index in [4.69, 9.17) is 4.84 Å². The van der Waals surface area contributed by atoms with Crippen LogP contribution in [-0.2, 0) is 9.63 Å². The van der Waals surface area contributed by atoms with Crippen LogP contribution in [0.5, 0.6) is 0 Å². The van der Waals surface area contributed by atoms with Gasteiger partial charge in [-0.2, -0.15) is 0 Å². The lowest BCUT2D eigenvalue weighted by Crippen LogP contribution is -2.10. The fourth-order valence-electron chi connectivity index (χ4n) is 3.12. The van der Waals surface area contributed by atoms with Crippen molar-refractivity contribution in [1.82, 2.24) is 0 Å². The molecule has 0 bridgehead atoms. The fraction of sp³-hybridized carbons (Fsp3) is 0.333. The Morgan fingerprint density at radius 2 is 1.76 bits per heavy atom. The van der Waals surface area contributed by atoms with E-state index in [0.29, 0.717) is 5.92 Å². The quantitative estimate of drug-likeness (QED) is 0.454. The van der Waals surface area contributed by atoms with E-state index in [1.165, 1.54) is 23.3 Å². The number of benzene rings is 2. The van der Waals surface area contributed by atoms with E-state index < -0.39 is 0 Å². The molecule has 2 aromatic carbocycles. The van der Waals surface area contributed by atoms with E-state index in [0.717, 1.165) is 30.5 Å². The maximum absolute atomic E-state index is 13.2. The van der Waals surface area contributed by atoms with Crippen molar-refractivity contribution in [2.24, 2.45) is 17.0 Å². The molecule has 0 N–H and O–H groups in total. The van der Waals surface area contributed by atoms with Crippen molar-refractivity contribution in [1.29, 1.82) is 0 Å². The first-order valence-corrected chi connectivity index (χ1v) is 8.73. The number of carbonyl (C=O) groups is 1. The van der Waals surface area contributed by atoms with Crippen molar-refractivity contribution < 1.29 is 14.0 Å². The Morgan fingerprint density at radius 1 is 1.08 bits per heavy atom. The van der Waals surface area contributed by atoms with E-state index in [2.05, 4.69) is 36.3 Å². The molecule has 2 aromatic rings. The van der Waals surface area contributed by atoms with E-state index in [-0.39, 0.29) is 23.6 Å². The standard InChI is InChI=1S/C21H20FNO2/c1-13-2-4-14(5-3-13)18-12-19(18)20(15-8-10-17(22)11-9-15)23-25-21(24)16-6-7-16/h2-5,8-11,16,18-19H,6-7,12H2,1H3/b23-20-/t18-,19+/m1/s1. The zero-order valence-electron chi connectivity index (χ0n) is 14.1. The Kier molecular flexibility index (Phi) is 4.12. The number of hydrogen-bond donors (Lipinski definition) is 0. The predicted octanol–water partition coefficient (Wildman–Crippen LogP) is 4.60. The molecule has 0 saturated heterocycles. The SMILES string of the molecule is Cc1ccc([C@H]2C[C@@H]2/C(=N\OC(=O)C2CC2)c2ccc(F)cc2)cc1. The molecule has 0 unspecified atom stereocenters. The van der Waals surface area contributed by atoms with Crippen molar-refractivity contribution in [2.45, 2.75) is 32.1 Å². The van der Waals surface area contributed by atoms with Gasteiger partial charge in [-0.3, -0.25) is 0 Å². The summed E-state index contributed by atoms with van der Waals surface area (Å²) in [5, 5.41) is 4.18. The third-order valence-corrected chi connectivity index (χ3v) is 4.93. The summed E-state index contributed by atoms with van der Waals surface area (Å²) in [5.74, 6) is 0.0191. The summed E-state index contributed by atoms with van der Waals surface area (Å²) in [5.41, 5.74) is 4.04. The van der Waals surface area contributed by atoms with Crippen LogP contribution in [0.2, 0.25) is 0 Å². The van der Waals surface area contributed by atoms with Crippen LogP contribution in [0, 0.1) is 24.6 Å². The maximum Gasteiger partial charge on any atom is 0.338 e. The van der Waals surface area contributed by atoms with Gasteiger partial charge in [-0.15, -0.1) is 0 Å². The zero-order valence-corrected chi connectivity index (χ0v) is 14.1. The third kappa shape index (κ3) is 3.63. The van der Waals surface area contributed by atoms with Gasteiger partial charge in [-0.05, 0) is 55.4 Å². The molecule has 0 spiro atoms. The van der Waals surface area contributed by atoms with Crippen LogP contribution in [0.3, 0.4) is 0 Å². The lowest BCUT2D eigenvalue weighted by Gasteiger charge is -2.07. The molecule has 25 heavy (non-hydrogen) atoms. The molecule has 4 rings (SSSR count). The topological polar surface area (TPSA) is 38.7 Å². The van der Waals surface area contributed by atoms with Gasteiger partial charge < -0.3 is 4.84 Å². The summed E-state index contributed by atoms with van der Waals surface area (Å²) in [4.78, 5) is 17.0. The van der Waals surface area contributed by atoms with Gasteiger partial charge in [0.15, 0.2) is 0 Å². The molecule has 2 saturated carbocycles. The number of oxime groups is 1. The van der Waals surface area contributed by atoms with Gasteiger partial charge in [0.1, 0.15) is 5.82 Å². The summed E-state index contributed by atoms with van der Waals surface area (Å²) in [6.45, 7) is 2.07. The van der Waals surface area contributed by atoms with Crippen molar-refractivity contribution in [3.05, 3.63) is 71.0 Å². The largest absolute Gasteiger partial charge is 0.338 e. The van der Waals surface area contributed by atoms with E-state index in [1.807, 2.05) is 0 Å². The zero-order chi connectivity index (χ0) is 17.4. The Labute approximate surface area is 146 Å². The minimum absolute atomic E-state index is 0.00492. The van der Waals surface area contributed by atoms with Gasteiger partial charge in [0, 0.05) is 5.92 Å². The second-order valence-corrected chi connectivity index (χ2v) is 7.03. The molecular weight excluding hydrogens is 317 g/mol. The van der Waals surface area contributed by atoms with Crippen LogP contribution in [-0.4, -0.2) is 11.7 Å². The van der Waals surface area contributed by atoms with Crippen molar-refractivity contribution in [2.75, 3.05) is 0 Å². The van der Waals surface area contributed by atoms with Crippen LogP contribution >= 0.6 is 0 Å². The molecule has 0 amide bonds. The van der Waals surface area contributed by atoms with Crippen molar-refractivity contribution >= 4 is 11.7 Å². The molecule has 3 nitrogen and oxygen atoms in total. The van der Waals surface area contributed by atoms with Crippen LogP contribution < -0.4 is 0 Å². The molecule has 128 valence electrons. The van der Waals surface area contributed by atoms with E-state index >= 15 is 0 Å². The molecule has 0 aliphatic heterocycles. The molecule has 0 radical (unpaired) electrons. The number of nitrogens with zero attached hydrogens (tertiary/aromatic N) is 1. The second kappa shape index (κ2) is 6.43. The smallest absolute Gasteiger partial charge is 0.318 e. The fourth-order valence-corrected chi connectivity index (χ4v) is 3.12. The Bertz CT molecular complexity index is 807. The Morgan fingerprint density at radius 3 is 2.40 bits per heavy atom. The first-order chi connectivity index (χ1) is 12.1. The summed E-state index contributed by atoms with van der Waals surface area (Å²) in [6.07, 6.45) is 2.73. The minimum Gasteiger partial charge on any atom is -0.318 e. The summed E-state index contributed by atoms with van der Waals surface area (Å²) < 4.78 is 13.2. The summed E-state index contributed by atoms with van der Waals surface area (Å²) in [7, 11) is 0. The third-order valence-electron chi connectivity index (χ3n) is 4.93. The average Bonchev–Trinajstić information content (AvgIpc) is 3.51. The average molecular weight is 337 g/mol. The Balaban J connectivity index is 1.57. The highest BCUT2D eigenvalue weighted by atomic mass is 19.1. The van der Waals surface area contributed by atoms with Gasteiger partial charge in [0.05, 0.1) is 11.6 Å². The molecule has 0 heterocycles. The molecule has 2 aliphatic rings. The van der Waals surface area contributed by atoms with Gasteiger partial charge >= 0.3 is 5.97 Å². The van der Waals surface area contributed by atoms with Crippen molar-refractivity contribution in [3.8, 4) is 0 Å². The van der Waals surface area contributed by atoms with Gasteiger partial charge in [-0.25, -0.2) is 9.18 Å². The number of rotatable bonds is 5. The normalized spacial score (nSPS) is 22.6.